The van der Waals surface area contributed by atoms with Crippen molar-refractivity contribution in [3.8, 4) is 0 Å². The van der Waals surface area contributed by atoms with Gasteiger partial charge in [0.05, 0.1) is 17.3 Å². The molecule has 1 aromatic rings. The topological polar surface area (TPSA) is 41.1 Å². The summed E-state index contributed by atoms with van der Waals surface area (Å²) in [4.78, 5) is 11.5. The molecule has 0 heterocycles. The number of unbranched alkanes of at least 4 members (excludes halogenated alkanes) is 1. The summed E-state index contributed by atoms with van der Waals surface area (Å²) in [5.74, 6) is -0.106. The molecule has 3 nitrogen and oxygen atoms in total. The summed E-state index contributed by atoms with van der Waals surface area (Å²) in [7, 11) is 0. The van der Waals surface area contributed by atoms with Crippen molar-refractivity contribution >= 4 is 34.8 Å². The number of rotatable bonds is 6. The molecule has 0 radical (unpaired) electrons. The average molecular weight is 275 g/mol. The van der Waals surface area contributed by atoms with Gasteiger partial charge in [0.15, 0.2) is 0 Å². The Morgan fingerprint density at radius 2 is 2.12 bits per heavy atom. The number of carbonyl (C=O) groups excluding carboxylic acids is 1. The number of nitrogens with one attached hydrogen (secondary N) is 2. The van der Waals surface area contributed by atoms with Crippen molar-refractivity contribution in [1.29, 1.82) is 0 Å². The van der Waals surface area contributed by atoms with Crippen molar-refractivity contribution in [2.75, 3.05) is 18.4 Å². The summed E-state index contributed by atoms with van der Waals surface area (Å²) >= 11 is 11.7. The zero-order valence-electron chi connectivity index (χ0n) is 9.72. The van der Waals surface area contributed by atoms with E-state index >= 15 is 0 Å². The summed E-state index contributed by atoms with van der Waals surface area (Å²) in [6.45, 7) is 3.24. The fourth-order valence-electron chi connectivity index (χ4n) is 1.29. The number of carbonyl (C=O) groups is 1. The van der Waals surface area contributed by atoms with Crippen LogP contribution >= 0.6 is 23.2 Å². The first kappa shape index (κ1) is 14.3. The molecular formula is C12H16Cl2N2O. The number of benzene rings is 1. The lowest BCUT2D eigenvalue weighted by Gasteiger charge is -2.08. The van der Waals surface area contributed by atoms with Gasteiger partial charge in [-0.25, -0.2) is 0 Å². The van der Waals surface area contributed by atoms with Crippen molar-refractivity contribution < 1.29 is 4.79 Å². The minimum atomic E-state index is -0.106. The van der Waals surface area contributed by atoms with E-state index in [-0.39, 0.29) is 5.91 Å². The van der Waals surface area contributed by atoms with Crippen LogP contribution in [0.2, 0.25) is 10.0 Å². The number of anilines is 1. The van der Waals surface area contributed by atoms with E-state index in [0.29, 0.717) is 22.3 Å². The number of amides is 1. The van der Waals surface area contributed by atoms with Crippen LogP contribution in [0.4, 0.5) is 5.69 Å². The maximum Gasteiger partial charge on any atom is 0.238 e. The standard InChI is InChI=1S/C12H16Cl2N2O/c1-2-3-6-15-8-12(17)16-11-5-4-9(13)7-10(11)14/h4-5,7,15H,2-3,6,8H2,1H3,(H,16,17). The van der Waals surface area contributed by atoms with Crippen LogP contribution in [-0.4, -0.2) is 19.0 Å². The van der Waals surface area contributed by atoms with E-state index in [1.165, 1.54) is 0 Å². The molecule has 0 saturated carbocycles. The van der Waals surface area contributed by atoms with Gasteiger partial charge in [0, 0.05) is 5.02 Å². The predicted molar refractivity (Wildman–Crippen MR) is 72.9 cm³/mol. The molecule has 17 heavy (non-hydrogen) atoms. The van der Waals surface area contributed by atoms with Crippen LogP contribution < -0.4 is 10.6 Å². The first-order chi connectivity index (χ1) is 8.13. The molecule has 1 rings (SSSR count). The molecule has 0 bridgehead atoms. The van der Waals surface area contributed by atoms with Gasteiger partial charge in [-0.2, -0.15) is 0 Å². The highest BCUT2D eigenvalue weighted by atomic mass is 35.5. The van der Waals surface area contributed by atoms with Crippen molar-refractivity contribution in [1.82, 2.24) is 5.32 Å². The molecule has 0 aliphatic heterocycles. The fraction of sp³-hybridized carbons (Fsp3) is 0.417. The Morgan fingerprint density at radius 1 is 1.35 bits per heavy atom. The molecule has 1 amide bonds. The summed E-state index contributed by atoms with van der Waals surface area (Å²) in [6.07, 6.45) is 2.17. The molecular weight excluding hydrogens is 259 g/mol. The summed E-state index contributed by atoms with van der Waals surface area (Å²) in [6, 6.07) is 4.98. The quantitative estimate of drug-likeness (QED) is 0.782. The molecule has 5 heteroatoms. The monoisotopic (exact) mass is 274 g/mol. The minimum absolute atomic E-state index is 0.106. The molecule has 0 aliphatic carbocycles. The van der Waals surface area contributed by atoms with E-state index in [1.54, 1.807) is 18.2 Å². The van der Waals surface area contributed by atoms with E-state index in [9.17, 15) is 4.79 Å². The van der Waals surface area contributed by atoms with Gasteiger partial charge >= 0.3 is 0 Å². The largest absolute Gasteiger partial charge is 0.324 e. The molecule has 2 N–H and O–H groups in total. The van der Waals surface area contributed by atoms with E-state index in [1.807, 2.05) is 0 Å². The second-order valence-electron chi connectivity index (χ2n) is 3.70. The predicted octanol–water partition coefficient (Wildman–Crippen LogP) is 3.32. The highest BCUT2D eigenvalue weighted by Gasteiger charge is 2.05. The molecule has 0 unspecified atom stereocenters. The Morgan fingerprint density at radius 3 is 2.76 bits per heavy atom. The summed E-state index contributed by atoms with van der Waals surface area (Å²) in [5, 5.41) is 6.77. The number of hydrogen-bond acceptors (Lipinski definition) is 2. The lowest BCUT2D eigenvalue weighted by atomic mass is 10.3. The molecule has 1 aromatic carbocycles. The molecule has 0 aliphatic rings. The highest BCUT2D eigenvalue weighted by molar-refractivity contribution is 6.36. The van der Waals surface area contributed by atoms with Crippen LogP contribution in [0.25, 0.3) is 0 Å². The molecule has 0 spiro atoms. The molecule has 0 saturated heterocycles. The smallest absolute Gasteiger partial charge is 0.238 e. The third-order valence-electron chi connectivity index (χ3n) is 2.20. The van der Waals surface area contributed by atoms with Crippen molar-refractivity contribution in [2.45, 2.75) is 19.8 Å². The first-order valence-corrected chi connectivity index (χ1v) is 6.34. The van der Waals surface area contributed by atoms with E-state index in [0.717, 1.165) is 19.4 Å². The van der Waals surface area contributed by atoms with Gasteiger partial charge in [-0.05, 0) is 31.2 Å². The van der Waals surface area contributed by atoms with E-state index in [2.05, 4.69) is 17.6 Å². The van der Waals surface area contributed by atoms with Gasteiger partial charge in [-0.1, -0.05) is 36.5 Å². The second-order valence-corrected chi connectivity index (χ2v) is 4.55. The zero-order valence-corrected chi connectivity index (χ0v) is 11.2. The van der Waals surface area contributed by atoms with Crippen LogP contribution in [0.5, 0.6) is 0 Å². The van der Waals surface area contributed by atoms with Crippen LogP contribution in [-0.2, 0) is 4.79 Å². The maximum absolute atomic E-state index is 11.5. The average Bonchev–Trinajstić information content (AvgIpc) is 2.28. The Bertz CT molecular complexity index is 383. The first-order valence-electron chi connectivity index (χ1n) is 5.59. The second kappa shape index (κ2) is 7.54. The normalized spacial score (nSPS) is 10.3. The van der Waals surface area contributed by atoms with Gasteiger partial charge in [0.2, 0.25) is 5.91 Å². The number of hydrogen-bond donors (Lipinski definition) is 2. The zero-order chi connectivity index (χ0) is 12.7. The molecule has 0 aromatic heterocycles. The van der Waals surface area contributed by atoms with Crippen LogP contribution in [0.1, 0.15) is 19.8 Å². The number of halogens is 2. The minimum Gasteiger partial charge on any atom is -0.324 e. The molecule has 0 atom stereocenters. The molecule has 0 fully saturated rings. The van der Waals surface area contributed by atoms with Crippen molar-refractivity contribution in [3.63, 3.8) is 0 Å². The van der Waals surface area contributed by atoms with Crippen LogP contribution in [0.3, 0.4) is 0 Å². The Hall–Kier alpha value is -0.770. The van der Waals surface area contributed by atoms with Gasteiger partial charge in [-0.15, -0.1) is 0 Å². The van der Waals surface area contributed by atoms with Crippen LogP contribution in [0, 0.1) is 0 Å². The van der Waals surface area contributed by atoms with Crippen LogP contribution in [0.15, 0.2) is 18.2 Å². The molecule has 94 valence electrons. The lowest BCUT2D eigenvalue weighted by Crippen LogP contribution is -2.28. The Balaban J connectivity index is 2.40. The van der Waals surface area contributed by atoms with Crippen molar-refractivity contribution in [3.05, 3.63) is 28.2 Å². The Labute approximate surface area is 111 Å². The SMILES string of the molecule is CCCCNCC(=O)Nc1ccc(Cl)cc1Cl. The van der Waals surface area contributed by atoms with E-state index in [4.69, 9.17) is 23.2 Å². The highest BCUT2D eigenvalue weighted by Crippen LogP contribution is 2.25. The van der Waals surface area contributed by atoms with Gasteiger partial charge in [0.1, 0.15) is 0 Å². The fourth-order valence-corrected chi connectivity index (χ4v) is 1.74. The van der Waals surface area contributed by atoms with Crippen molar-refractivity contribution in [2.24, 2.45) is 0 Å². The third kappa shape index (κ3) is 5.39. The van der Waals surface area contributed by atoms with E-state index < -0.39 is 0 Å². The lowest BCUT2D eigenvalue weighted by molar-refractivity contribution is -0.115. The maximum atomic E-state index is 11.5. The third-order valence-corrected chi connectivity index (χ3v) is 2.75. The summed E-state index contributed by atoms with van der Waals surface area (Å²) < 4.78 is 0. The Kier molecular flexibility index (Phi) is 6.34. The summed E-state index contributed by atoms with van der Waals surface area (Å²) in [5.41, 5.74) is 0.582. The van der Waals surface area contributed by atoms with Gasteiger partial charge in [-0.3, -0.25) is 4.79 Å². The van der Waals surface area contributed by atoms with Gasteiger partial charge < -0.3 is 10.6 Å². The van der Waals surface area contributed by atoms with Gasteiger partial charge in [0.25, 0.3) is 0 Å².